The fourth-order valence-corrected chi connectivity index (χ4v) is 9.47. The van der Waals surface area contributed by atoms with Gasteiger partial charge in [0.2, 0.25) is 5.60 Å². The van der Waals surface area contributed by atoms with Crippen molar-refractivity contribution in [1.29, 1.82) is 0 Å². The van der Waals surface area contributed by atoms with Crippen molar-refractivity contribution in [3.05, 3.63) is 55.4 Å². The molecule has 0 spiro atoms. The lowest BCUT2D eigenvalue weighted by Gasteiger charge is -2.50. The van der Waals surface area contributed by atoms with Gasteiger partial charge in [0.25, 0.3) is 11.8 Å². The van der Waals surface area contributed by atoms with Gasteiger partial charge in [-0.25, -0.2) is 14.6 Å². The number of aliphatic carboxylic acids is 2. The van der Waals surface area contributed by atoms with Crippen molar-refractivity contribution in [3.8, 4) is 11.5 Å². The molecule has 2 aromatic heterocycles. The standard InChI is InChI=1S/C34H36ClN7O10S2/c1-34(2,32(50)51)52-39-23(22-27(35)54-33(36)38-22)28(46)37-24-29(47)41-25(31(48)49)16(14-53-30(24)41)13-42(7-3-4-8-42)12-15-11-40(17-5-6-17)19-10-21(44)20(43)9-18(19)26(15)45/h9-11,17,24,30H,3-8,12-14H2,1-2H3,(H6-,36,37,38,39,43,44,45,46,48,49,50,51)/p+1. The number of nitrogens with zero attached hydrogens (tertiary/aromatic N) is 5. The number of carboxylic acids is 2. The van der Waals surface area contributed by atoms with Crippen LogP contribution < -0.4 is 16.5 Å². The number of thioether (sulfide) groups is 1. The number of hydrogen-bond acceptors (Lipinski definition) is 13. The number of hydrogen-bond donors (Lipinski definition) is 6. The third kappa shape index (κ3) is 6.73. The van der Waals surface area contributed by atoms with E-state index in [0.29, 0.717) is 46.2 Å². The number of amides is 2. The van der Waals surface area contributed by atoms with Gasteiger partial charge in [0.1, 0.15) is 40.2 Å². The number of nitrogens with one attached hydrogen (secondary N) is 1. The minimum absolute atomic E-state index is 0.00212. The number of aromatic hydroxyl groups is 2. The molecule has 4 aliphatic rings. The number of carbonyl (C=O) groups excluding carboxylic acids is 2. The predicted molar refractivity (Wildman–Crippen MR) is 198 cm³/mol. The van der Waals surface area contributed by atoms with E-state index in [1.807, 2.05) is 10.8 Å². The number of benzene rings is 1. The lowest BCUT2D eigenvalue weighted by molar-refractivity contribution is -0.925. The van der Waals surface area contributed by atoms with E-state index < -0.39 is 52.2 Å². The average molecular weight is 803 g/mol. The maximum Gasteiger partial charge on any atom is 0.352 e. The summed E-state index contributed by atoms with van der Waals surface area (Å²) in [5.41, 5.74) is 4.33. The van der Waals surface area contributed by atoms with Gasteiger partial charge < -0.3 is 45.4 Å². The van der Waals surface area contributed by atoms with E-state index in [2.05, 4.69) is 15.5 Å². The lowest BCUT2D eigenvalue weighted by Crippen LogP contribution is -2.71. The summed E-state index contributed by atoms with van der Waals surface area (Å²) in [5.74, 6) is -4.79. The molecule has 3 aromatic rings. The Kier molecular flexibility index (Phi) is 9.56. The van der Waals surface area contributed by atoms with E-state index >= 15 is 0 Å². The smallest absolute Gasteiger partial charge is 0.352 e. The van der Waals surface area contributed by atoms with Crippen LogP contribution in [0.1, 0.15) is 56.8 Å². The van der Waals surface area contributed by atoms with Crippen molar-refractivity contribution in [3.63, 3.8) is 0 Å². The van der Waals surface area contributed by atoms with Gasteiger partial charge in [0.05, 0.1) is 29.6 Å². The van der Waals surface area contributed by atoms with Gasteiger partial charge in [-0.05, 0) is 32.8 Å². The van der Waals surface area contributed by atoms with Crippen LogP contribution in [0.4, 0.5) is 5.13 Å². The third-order valence-electron chi connectivity index (χ3n) is 10.1. The molecule has 7 N–H and O–H groups in total. The van der Waals surface area contributed by atoms with Crippen LogP contribution in [-0.4, -0.2) is 111 Å². The van der Waals surface area contributed by atoms with E-state index in [0.717, 1.165) is 41.9 Å². The summed E-state index contributed by atoms with van der Waals surface area (Å²) >= 11 is 8.37. The summed E-state index contributed by atoms with van der Waals surface area (Å²) < 4.78 is 2.33. The zero-order valence-corrected chi connectivity index (χ0v) is 31.5. The molecule has 54 heavy (non-hydrogen) atoms. The molecule has 1 aliphatic carbocycles. The molecule has 2 saturated heterocycles. The number of anilines is 1. The summed E-state index contributed by atoms with van der Waals surface area (Å²) in [5, 5.41) is 46.2. The number of phenols is 2. The Bertz CT molecular complexity index is 2240. The summed E-state index contributed by atoms with van der Waals surface area (Å²) in [6.45, 7) is 4.34. The number of fused-ring (bicyclic) bond motifs is 2. The van der Waals surface area contributed by atoms with Crippen molar-refractivity contribution < 1.29 is 48.9 Å². The van der Waals surface area contributed by atoms with Crippen molar-refractivity contribution in [2.45, 2.75) is 69.1 Å². The molecule has 3 aliphatic heterocycles. The molecule has 1 aromatic carbocycles. The van der Waals surface area contributed by atoms with Crippen LogP contribution in [0, 0.1) is 0 Å². The second-order valence-corrected chi connectivity index (χ2v) is 17.2. The van der Waals surface area contributed by atoms with Crippen LogP contribution in [-0.2, 0) is 30.6 Å². The third-order valence-corrected chi connectivity index (χ3v) is 12.6. The molecule has 5 heterocycles. The monoisotopic (exact) mass is 802 g/mol. The number of pyridine rings is 1. The molecule has 1 saturated carbocycles. The number of rotatable bonds is 12. The molecular weight excluding hydrogens is 766 g/mol. The number of carbonyl (C=O) groups is 4. The maximum absolute atomic E-state index is 13.9. The number of β-lactam (4-membered cyclic amide) rings is 1. The zero-order valence-electron chi connectivity index (χ0n) is 29.1. The highest BCUT2D eigenvalue weighted by Crippen LogP contribution is 2.43. The Morgan fingerprint density at radius 3 is 2.43 bits per heavy atom. The number of nitrogen functional groups attached to an aromatic ring is 1. The normalized spacial score (nSPS) is 21.2. The second-order valence-electron chi connectivity index (χ2n) is 14.4. The highest BCUT2D eigenvalue weighted by molar-refractivity contribution is 8.00. The highest BCUT2D eigenvalue weighted by Gasteiger charge is 2.55. The summed E-state index contributed by atoms with van der Waals surface area (Å²) in [7, 11) is 0. The maximum atomic E-state index is 13.9. The van der Waals surface area contributed by atoms with Crippen molar-refractivity contribution >= 4 is 80.2 Å². The number of thiazole rings is 1. The van der Waals surface area contributed by atoms with Gasteiger partial charge in [-0.15, -0.1) is 11.8 Å². The number of carboxylic acid groups (broad SMARTS) is 2. The topological polar surface area (TPSA) is 247 Å². The van der Waals surface area contributed by atoms with Crippen molar-refractivity contribution in [2.75, 3.05) is 31.1 Å². The van der Waals surface area contributed by atoms with Crippen LogP contribution in [0.2, 0.25) is 4.34 Å². The number of halogens is 1. The first-order valence-electron chi connectivity index (χ1n) is 17.1. The van der Waals surface area contributed by atoms with E-state index in [4.69, 9.17) is 22.2 Å². The molecule has 2 atom stereocenters. The van der Waals surface area contributed by atoms with E-state index in [1.54, 1.807) is 0 Å². The van der Waals surface area contributed by atoms with Crippen LogP contribution in [0.5, 0.6) is 11.5 Å². The van der Waals surface area contributed by atoms with Crippen LogP contribution in [0.15, 0.2) is 39.5 Å². The Morgan fingerprint density at radius 1 is 1.13 bits per heavy atom. The molecule has 0 bridgehead atoms. The first kappa shape index (κ1) is 37.5. The second kappa shape index (κ2) is 13.8. The molecule has 7 rings (SSSR count). The number of aromatic nitrogens is 2. The molecule has 0 radical (unpaired) electrons. The molecular formula is C34H37ClN7O10S2+. The zero-order chi connectivity index (χ0) is 38.9. The lowest BCUT2D eigenvalue weighted by atomic mass is 10.0. The van der Waals surface area contributed by atoms with Crippen molar-refractivity contribution in [1.82, 2.24) is 19.8 Å². The number of phenolic OH excluding ortho intramolecular Hbond substituents is 2. The van der Waals surface area contributed by atoms with Crippen LogP contribution in [0.3, 0.4) is 0 Å². The Labute approximate surface area is 320 Å². The van der Waals surface area contributed by atoms with E-state index in [1.165, 1.54) is 37.7 Å². The highest BCUT2D eigenvalue weighted by atomic mass is 35.5. The van der Waals surface area contributed by atoms with Crippen molar-refractivity contribution in [2.24, 2.45) is 5.16 Å². The van der Waals surface area contributed by atoms with Gasteiger partial charge in [0.15, 0.2) is 27.8 Å². The molecule has 20 heteroatoms. The molecule has 17 nitrogen and oxygen atoms in total. The fraction of sp³-hybridized carbons (Fsp3) is 0.441. The Morgan fingerprint density at radius 2 is 1.81 bits per heavy atom. The Balaban J connectivity index is 1.15. The first-order chi connectivity index (χ1) is 25.5. The quantitative estimate of drug-likeness (QED) is 0.0508. The van der Waals surface area contributed by atoms with E-state index in [9.17, 15) is 44.4 Å². The molecule has 3 fully saturated rings. The average Bonchev–Trinajstić information content (AvgIpc) is 3.77. The number of likely N-dealkylation sites (tertiary alicyclic amines) is 1. The molecule has 286 valence electrons. The first-order valence-corrected chi connectivity index (χ1v) is 19.3. The Hall–Kier alpha value is -4.85. The van der Waals surface area contributed by atoms with E-state index in [-0.39, 0.29) is 50.4 Å². The van der Waals surface area contributed by atoms with Gasteiger partial charge in [-0.1, -0.05) is 28.1 Å². The summed E-state index contributed by atoms with van der Waals surface area (Å²) in [6.07, 6.45) is 5.35. The summed E-state index contributed by atoms with van der Waals surface area (Å²) in [6, 6.07) is 1.68. The number of nitrogens with two attached hydrogens (primary N) is 1. The van der Waals surface area contributed by atoms with Gasteiger partial charge in [-0.2, -0.15) is 0 Å². The molecule has 2 unspecified atom stereocenters. The minimum Gasteiger partial charge on any atom is -0.504 e. The minimum atomic E-state index is -1.84. The van der Waals surface area contributed by atoms with Gasteiger partial charge in [-0.3, -0.25) is 19.3 Å². The number of quaternary nitrogens is 1. The van der Waals surface area contributed by atoms with Crippen LogP contribution in [0.25, 0.3) is 10.9 Å². The molecule has 2 amide bonds. The SMILES string of the molecule is CC(C)(ON=C(C(=O)NC1C(=O)N2C(C(=O)O)=C(C[N+]3(Cc4cn(C5CC5)c5cc(O)c(O)cc5c4=O)CCCC3)CSC12)c1nc(N)sc1Cl)C(=O)O. The van der Waals surface area contributed by atoms with Crippen LogP contribution >= 0.6 is 34.7 Å². The fourth-order valence-electron chi connectivity index (χ4n) is 7.21. The summed E-state index contributed by atoms with van der Waals surface area (Å²) in [4.78, 5) is 75.9. The van der Waals surface area contributed by atoms with Gasteiger partial charge in [0, 0.05) is 42.5 Å². The van der Waals surface area contributed by atoms with Gasteiger partial charge >= 0.3 is 11.9 Å². The number of oxime groups is 1. The largest absolute Gasteiger partial charge is 0.504 e. The predicted octanol–water partition coefficient (Wildman–Crippen LogP) is 2.57.